The number of carbonyl (C=O) groups is 1. The first-order valence-corrected chi connectivity index (χ1v) is 9.28. The van der Waals surface area contributed by atoms with Crippen molar-refractivity contribution >= 4 is 29.7 Å². The van der Waals surface area contributed by atoms with Gasteiger partial charge in [-0.25, -0.2) is 14.4 Å². The number of anilines is 1. The predicted octanol–water partition coefficient (Wildman–Crippen LogP) is 2.90. The molecular weight excluding hydrogens is 353 g/mol. The minimum Gasteiger partial charge on any atom is -0.398 e. The Morgan fingerprint density at radius 1 is 1.27 bits per heavy atom. The van der Waals surface area contributed by atoms with E-state index >= 15 is 0 Å². The Morgan fingerprint density at radius 2 is 1.92 bits per heavy atom. The molecule has 8 heteroatoms. The molecule has 26 heavy (non-hydrogen) atoms. The minimum absolute atomic E-state index is 0.274. The zero-order valence-corrected chi connectivity index (χ0v) is 15.9. The number of nitrogens with one attached hydrogen (secondary N) is 1. The smallest absolute Gasteiger partial charge is 0.224 e. The van der Waals surface area contributed by atoms with Crippen molar-refractivity contribution < 1.29 is 9.18 Å². The number of aldehydes is 1. The van der Waals surface area contributed by atoms with Crippen molar-refractivity contribution in [2.24, 2.45) is 11.5 Å². The van der Waals surface area contributed by atoms with Crippen molar-refractivity contribution in [2.75, 3.05) is 25.2 Å². The van der Waals surface area contributed by atoms with E-state index in [-0.39, 0.29) is 11.5 Å². The van der Waals surface area contributed by atoms with E-state index in [9.17, 15) is 9.18 Å². The average molecular weight is 377 g/mol. The molecule has 0 aliphatic rings. The van der Waals surface area contributed by atoms with Gasteiger partial charge in [0.15, 0.2) is 0 Å². The summed E-state index contributed by atoms with van der Waals surface area (Å²) in [6.45, 7) is 2.78. The normalized spacial score (nSPS) is 10.7. The van der Waals surface area contributed by atoms with Gasteiger partial charge in [-0.1, -0.05) is 6.92 Å². The molecule has 1 aromatic heterocycles. The number of aromatic nitrogens is 2. The number of nitrogens with two attached hydrogens (primary N) is 2. The molecular formula is C18H24FN5OS. The van der Waals surface area contributed by atoms with Crippen molar-refractivity contribution in [3.05, 3.63) is 41.7 Å². The Labute approximate surface area is 157 Å². The van der Waals surface area contributed by atoms with Crippen LogP contribution in [-0.4, -0.2) is 36.1 Å². The van der Waals surface area contributed by atoms with Gasteiger partial charge in [-0.3, -0.25) is 4.79 Å². The maximum Gasteiger partial charge on any atom is 0.224 e. The number of hydrogen-bond acceptors (Lipinski definition) is 7. The van der Waals surface area contributed by atoms with E-state index < -0.39 is 0 Å². The Morgan fingerprint density at radius 3 is 2.46 bits per heavy atom. The fourth-order valence-corrected chi connectivity index (χ4v) is 2.73. The van der Waals surface area contributed by atoms with Crippen LogP contribution < -0.4 is 16.8 Å². The largest absolute Gasteiger partial charge is 0.398 e. The lowest BCUT2D eigenvalue weighted by molar-refractivity contribution is -0.104. The van der Waals surface area contributed by atoms with Crippen LogP contribution in [0.1, 0.15) is 18.9 Å². The number of benzene rings is 1. The molecule has 5 N–H and O–H groups in total. The van der Waals surface area contributed by atoms with Crippen molar-refractivity contribution in [3.8, 4) is 11.3 Å². The first-order valence-electron chi connectivity index (χ1n) is 8.05. The van der Waals surface area contributed by atoms with Crippen LogP contribution >= 0.6 is 11.8 Å². The van der Waals surface area contributed by atoms with Crippen molar-refractivity contribution in [3.63, 3.8) is 0 Å². The van der Waals surface area contributed by atoms with Crippen LogP contribution in [0.4, 0.5) is 10.3 Å². The zero-order chi connectivity index (χ0) is 19.5. The number of nitrogens with zero attached hydrogens (tertiary/aromatic N) is 2. The van der Waals surface area contributed by atoms with Crippen LogP contribution in [-0.2, 0) is 4.79 Å². The summed E-state index contributed by atoms with van der Waals surface area (Å²) in [5.74, 6) is 0.142. The number of rotatable bonds is 7. The van der Waals surface area contributed by atoms with E-state index in [0.29, 0.717) is 34.1 Å². The van der Waals surface area contributed by atoms with Crippen LogP contribution in [0.15, 0.2) is 35.4 Å². The molecule has 0 bridgehead atoms. The number of carbonyl (C=O) groups excluding carboxylic acids is 1. The number of allylic oxidation sites excluding steroid dienone is 1. The highest BCUT2D eigenvalue weighted by molar-refractivity contribution is 7.98. The third kappa shape index (κ3) is 5.53. The number of thioether (sulfide) groups is 1. The highest BCUT2D eigenvalue weighted by atomic mass is 32.2. The summed E-state index contributed by atoms with van der Waals surface area (Å²) in [7, 11) is 1.50. The van der Waals surface area contributed by atoms with E-state index in [1.165, 1.54) is 37.0 Å². The standard InChI is InChI=1S/C17H19FN4OS.CH5N/c1-3-9-20-17-21-15(11-4-6-12(18)7-5-11)14(13(19)8-10-23)16(22-17)24-2;1-2/h4-8,10H,3,9,19H2,1-2H3,(H,20,21,22);2H2,1H3/b13-8-;. The zero-order valence-electron chi connectivity index (χ0n) is 15.1. The number of halogens is 1. The molecule has 0 aliphatic heterocycles. The van der Waals surface area contributed by atoms with E-state index in [0.717, 1.165) is 13.0 Å². The molecule has 0 atom stereocenters. The van der Waals surface area contributed by atoms with Gasteiger partial charge in [-0.15, -0.1) is 11.8 Å². The lowest BCUT2D eigenvalue weighted by Crippen LogP contribution is -2.10. The van der Waals surface area contributed by atoms with Gasteiger partial charge in [0.05, 0.1) is 11.3 Å². The second kappa shape index (κ2) is 11.2. The fraction of sp³-hybridized carbons (Fsp3) is 0.278. The van der Waals surface area contributed by atoms with Crippen molar-refractivity contribution in [2.45, 2.75) is 18.4 Å². The van der Waals surface area contributed by atoms with Crippen LogP contribution in [0.25, 0.3) is 17.0 Å². The maximum absolute atomic E-state index is 13.2. The molecule has 140 valence electrons. The molecule has 1 aromatic carbocycles. The molecule has 0 unspecified atom stereocenters. The SMILES string of the molecule is CCCNc1nc(SC)c(/C(N)=C/C=O)c(-c2ccc(F)cc2)n1.CN. The fourth-order valence-electron chi connectivity index (χ4n) is 2.14. The summed E-state index contributed by atoms with van der Waals surface area (Å²) in [6.07, 6.45) is 4.69. The van der Waals surface area contributed by atoms with Crippen molar-refractivity contribution in [1.82, 2.24) is 9.97 Å². The van der Waals surface area contributed by atoms with E-state index in [2.05, 4.69) is 21.0 Å². The average Bonchev–Trinajstić information content (AvgIpc) is 2.67. The van der Waals surface area contributed by atoms with Crippen molar-refractivity contribution in [1.29, 1.82) is 0 Å². The van der Waals surface area contributed by atoms with Gasteiger partial charge in [0.2, 0.25) is 5.95 Å². The van der Waals surface area contributed by atoms with Gasteiger partial charge in [-0.2, -0.15) is 0 Å². The molecule has 2 rings (SSSR count). The highest BCUT2D eigenvalue weighted by Crippen LogP contribution is 2.33. The second-order valence-electron chi connectivity index (χ2n) is 4.97. The van der Waals surface area contributed by atoms with Gasteiger partial charge < -0.3 is 16.8 Å². The van der Waals surface area contributed by atoms with Gasteiger partial charge in [0, 0.05) is 23.9 Å². The topological polar surface area (TPSA) is 107 Å². The Hall–Kier alpha value is -2.45. The van der Waals surface area contributed by atoms with E-state index in [1.54, 1.807) is 12.1 Å². The lowest BCUT2D eigenvalue weighted by Gasteiger charge is -2.15. The summed E-state index contributed by atoms with van der Waals surface area (Å²) < 4.78 is 13.2. The molecule has 6 nitrogen and oxygen atoms in total. The van der Waals surface area contributed by atoms with Crippen LogP contribution in [0.3, 0.4) is 0 Å². The first-order chi connectivity index (χ1) is 12.6. The third-order valence-electron chi connectivity index (χ3n) is 3.26. The van der Waals surface area contributed by atoms with E-state index in [4.69, 9.17) is 5.73 Å². The summed E-state index contributed by atoms with van der Waals surface area (Å²) in [5, 5.41) is 3.80. The van der Waals surface area contributed by atoms with Gasteiger partial charge in [0.1, 0.15) is 17.1 Å². The Bertz CT molecular complexity index is 750. The molecule has 0 saturated carbocycles. The molecule has 1 heterocycles. The third-order valence-corrected chi connectivity index (χ3v) is 3.94. The Kier molecular flexibility index (Phi) is 9.32. The number of hydrogen-bond donors (Lipinski definition) is 3. The first kappa shape index (κ1) is 21.6. The quantitative estimate of drug-likeness (QED) is 0.295. The molecule has 0 radical (unpaired) electrons. The molecule has 0 fully saturated rings. The van der Waals surface area contributed by atoms with Crippen LogP contribution in [0, 0.1) is 5.82 Å². The summed E-state index contributed by atoms with van der Waals surface area (Å²) in [4.78, 5) is 19.8. The second-order valence-corrected chi connectivity index (χ2v) is 5.77. The van der Waals surface area contributed by atoms with Gasteiger partial charge >= 0.3 is 0 Å². The molecule has 0 aliphatic carbocycles. The molecule has 2 aromatic rings. The Balaban J connectivity index is 0.00000163. The van der Waals surface area contributed by atoms with Gasteiger partial charge in [-0.05, 0) is 44.0 Å². The van der Waals surface area contributed by atoms with E-state index in [1.807, 2.05) is 13.2 Å². The lowest BCUT2D eigenvalue weighted by atomic mass is 10.0. The maximum atomic E-state index is 13.2. The highest BCUT2D eigenvalue weighted by Gasteiger charge is 2.17. The van der Waals surface area contributed by atoms with Crippen LogP contribution in [0.2, 0.25) is 0 Å². The van der Waals surface area contributed by atoms with Crippen LogP contribution in [0.5, 0.6) is 0 Å². The predicted molar refractivity (Wildman–Crippen MR) is 106 cm³/mol. The minimum atomic E-state index is -0.333. The monoisotopic (exact) mass is 377 g/mol. The molecule has 0 spiro atoms. The van der Waals surface area contributed by atoms with Gasteiger partial charge in [0.25, 0.3) is 0 Å². The molecule has 0 amide bonds. The molecule has 0 saturated heterocycles. The summed E-state index contributed by atoms with van der Waals surface area (Å²) in [6, 6.07) is 5.98. The summed E-state index contributed by atoms with van der Waals surface area (Å²) in [5.41, 5.74) is 12.6. The summed E-state index contributed by atoms with van der Waals surface area (Å²) >= 11 is 1.41.